The number of halogens is 3. The topological polar surface area (TPSA) is 211 Å². The minimum absolute atomic E-state index is 0.0298. The van der Waals surface area contributed by atoms with E-state index in [0.29, 0.717) is 11.1 Å². The highest BCUT2D eigenvalue weighted by molar-refractivity contribution is 7.94. The minimum Gasteiger partial charge on any atom is -0.475 e. The molecule has 0 aliphatic carbocycles. The van der Waals surface area contributed by atoms with E-state index < -0.39 is 42.2 Å². The van der Waals surface area contributed by atoms with Crippen LogP contribution in [0.2, 0.25) is 0 Å². The number of alkyl halides is 3. The number of rotatable bonds is 5. The molecule has 4 aromatic rings. The number of carbonyl (C=O) groups is 1. The first-order valence-corrected chi connectivity index (χ1v) is 13.8. The number of sulfonamides is 1. The highest BCUT2D eigenvalue weighted by Gasteiger charge is 2.39. The minimum atomic E-state index is -5.08. The van der Waals surface area contributed by atoms with Gasteiger partial charge in [-0.2, -0.15) is 18.4 Å². The molecule has 0 atom stereocenters. The predicted octanol–water partition coefficient (Wildman–Crippen LogP) is 1.11. The number of sulfone groups is 1. The first kappa shape index (κ1) is 28.0. The Morgan fingerprint density at radius 1 is 1.05 bits per heavy atom. The number of carboxylic acids is 1. The number of nitrogens with one attached hydrogen (secondary N) is 2. The van der Waals surface area contributed by atoms with E-state index in [1.54, 1.807) is 18.5 Å². The van der Waals surface area contributed by atoms with Crippen LogP contribution in [0.1, 0.15) is 0 Å². The third-order valence-electron chi connectivity index (χ3n) is 5.66. The molecule has 0 spiro atoms. The summed E-state index contributed by atoms with van der Waals surface area (Å²) >= 11 is 0. The zero-order valence-electron chi connectivity index (χ0n) is 19.4. The molecule has 0 unspecified atom stereocenters. The van der Waals surface area contributed by atoms with Crippen molar-refractivity contribution < 1.29 is 39.9 Å². The number of nitrogens with zero attached hydrogens (tertiary/aromatic N) is 4. The van der Waals surface area contributed by atoms with Gasteiger partial charge in [-0.05, 0) is 39.9 Å². The van der Waals surface area contributed by atoms with Crippen LogP contribution < -0.4 is 10.5 Å². The standard InChI is InChI=1S/C19H17N7O4S2.C2HF3O2/c20-32(29,30)18-16(31(27,28)14-9-22-10-14)4-3-15(17(18)19-23-25-26-24-19)12-2-1-11-5-6-21-8-13(11)7-12;3-2(4,5)1(6)7/h1-8,14,22H,9-10H2,(H2,20,29,30)(H,23,24,25,26);(H,6,7). The van der Waals surface area contributed by atoms with Crippen LogP contribution in [0, 0.1) is 0 Å². The van der Waals surface area contributed by atoms with Crippen molar-refractivity contribution in [3.63, 3.8) is 0 Å². The average Bonchev–Trinajstić information content (AvgIpc) is 3.35. The molecule has 5 N–H and O–H groups in total. The van der Waals surface area contributed by atoms with Gasteiger partial charge in [0.1, 0.15) is 4.90 Å². The summed E-state index contributed by atoms with van der Waals surface area (Å²) in [5.74, 6) is -2.84. The van der Waals surface area contributed by atoms with Gasteiger partial charge in [-0.1, -0.05) is 18.2 Å². The molecular formula is C21H18F3N7O6S2. The van der Waals surface area contributed by atoms with Crippen LogP contribution in [0.25, 0.3) is 33.3 Å². The second kappa shape index (κ2) is 10.3. The molecule has 0 bridgehead atoms. The monoisotopic (exact) mass is 585 g/mol. The summed E-state index contributed by atoms with van der Waals surface area (Å²) in [4.78, 5) is 12.1. The van der Waals surface area contributed by atoms with Gasteiger partial charge in [-0.3, -0.25) is 4.98 Å². The van der Waals surface area contributed by atoms with E-state index in [1.165, 1.54) is 12.1 Å². The number of tetrazole rings is 1. The maximum atomic E-state index is 13.2. The molecule has 1 fully saturated rings. The first-order valence-electron chi connectivity index (χ1n) is 10.7. The zero-order chi connectivity index (χ0) is 28.6. The Hall–Kier alpha value is -4.00. The van der Waals surface area contributed by atoms with Gasteiger partial charge in [0, 0.05) is 30.9 Å². The van der Waals surface area contributed by atoms with E-state index in [-0.39, 0.29) is 29.4 Å². The Balaban J connectivity index is 0.000000448. The molecule has 18 heteroatoms. The molecule has 0 saturated carbocycles. The van der Waals surface area contributed by atoms with Crippen molar-refractivity contribution in [3.05, 3.63) is 48.8 Å². The van der Waals surface area contributed by atoms with Gasteiger partial charge in [0.15, 0.2) is 9.84 Å². The lowest BCUT2D eigenvalue weighted by Gasteiger charge is -2.28. The van der Waals surface area contributed by atoms with Gasteiger partial charge in [-0.15, -0.1) is 10.2 Å². The SMILES string of the molecule is NS(=O)(=O)c1c(S(=O)(=O)C2CNC2)ccc(-c2ccc3ccncc3c2)c1-c1nn[nH]n1.O=C(O)C(F)(F)F. The highest BCUT2D eigenvalue weighted by Crippen LogP contribution is 2.40. The number of aromatic nitrogens is 5. The van der Waals surface area contributed by atoms with Crippen molar-refractivity contribution in [3.8, 4) is 22.5 Å². The number of aromatic amines is 1. The first-order chi connectivity index (χ1) is 18.2. The van der Waals surface area contributed by atoms with E-state index in [9.17, 15) is 30.0 Å². The molecule has 0 amide bonds. The molecule has 13 nitrogen and oxygen atoms in total. The van der Waals surface area contributed by atoms with Gasteiger partial charge < -0.3 is 10.4 Å². The van der Waals surface area contributed by atoms with Crippen LogP contribution in [0.4, 0.5) is 13.2 Å². The number of nitrogens with two attached hydrogens (primary N) is 1. The van der Waals surface area contributed by atoms with Crippen molar-refractivity contribution in [2.24, 2.45) is 5.14 Å². The number of fused-ring (bicyclic) bond motifs is 1. The summed E-state index contributed by atoms with van der Waals surface area (Å²) in [5.41, 5.74) is 0.981. The number of benzene rings is 2. The third kappa shape index (κ3) is 5.72. The number of pyridine rings is 1. The van der Waals surface area contributed by atoms with Gasteiger partial charge >= 0.3 is 12.1 Å². The van der Waals surface area contributed by atoms with E-state index in [2.05, 4.69) is 30.9 Å². The number of carboxylic acid groups (broad SMARTS) is 1. The lowest BCUT2D eigenvalue weighted by molar-refractivity contribution is -0.192. The highest BCUT2D eigenvalue weighted by atomic mass is 32.2. The molecular weight excluding hydrogens is 567 g/mol. The largest absolute Gasteiger partial charge is 0.490 e. The van der Waals surface area contributed by atoms with Gasteiger partial charge in [0.05, 0.1) is 15.7 Å². The van der Waals surface area contributed by atoms with Crippen LogP contribution in [0.15, 0.2) is 58.6 Å². The fraction of sp³-hybridized carbons (Fsp3) is 0.190. The number of hydrogen-bond acceptors (Lipinski definition) is 10. The number of primary sulfonamides is 1. The molecule has 1 saturated heterocycles. The van der Waals surface area contributed by atoms with Crippen molar-refractivity contribution >= 4 is 36.6 Å². The molecule has 2 aromatic heterocycles. The van der Waals surface area contributed by atoms with Gasteiger partial charge in [-0.25, -0.2) is 26.8 Å². The zero-order valence-corrected chi connectivity index (χ0v) is 21.0. The summed E-state index contributed by atoms with van der Waals surface area (Å²) in [7, 11) is -8.48. The van der Waals surface area contributed by atoms with Crippen LogP contribution in [-0.4, -0.2) is 78.0 Å². The molecule has 1 aliphatic heterocycles. The van der Waals surface area contributed by atoms with E-state index in [0.717, 1.165) is 10.8 Å². The lowest BCUT2D eigenvalue weighted by atomic mass is 9.97. The summed E-state index contributed by atoms with van der Waals surface area (Å²) in [6, 6.07) is 10.1. The molecule has 3 heterocycles. The molecule has 0 radical (unpaired) electrons. The summed E-state index contributed by atoms with van der Waals surface area (Å²) in [6.45, 7) is 0.451. The van der Waals surface area contributed by atoms with Crippen LogP contribution in [0.3, 0.4) is 0 Å². The van der Waals surface area contributed by atoms with E-state index in [4.69, 9.17) is 15.0 Å². The number of H-pyrrole nitrogens is 1. The van der Waals surface area contributed by atoms with Gasteiger partial charge in [0.2, 0.25) is 15.8 Å². The second-order valence-electron chi connectivity index (χ2n) is 8.16. The lowest BCUT2D eigenvalue weighted by Crippen LogP contribution is -2.51. The quantitative estimate of drug-likeness (QED) is 0.260. The molecule has 206 valence electrons. The Bertz CT molecular complexity index is 1760. The van der Waals surface area contributed by atoms with Crippen molar-refractivity contribution in [1.29, 1.82) is 0 Å². The molecule has 2 aromatic carbocycles. The van der Waals surface area contributed by atoms with Gasteiger partial charge in [0.25, 0.3) is 0 Å². The van der Waals surface area contributed by atoms with Crippen LogP contribution >= 0.6 is 0 Å². The number of aliphatic carboxylic acids is 1. The summed E-state index contributed by atoms with van der Waals surface area (Å²) < 4.78 is 83.6. The normalized spacial score (nSPS) is 14.4. The summed E-state index contributed by atoms with van der Waals surface area (Å²) in [5, 5.41) is 30.2. The van der Waals surface area contributed by atoms with Crippen molar-refractivity contribution in [2.45, 2.75) is 21.2 Å². The number of hydrogen-bond donors (Lipinski definition) is 4. The molecule has 39 heavy (non-hydrogen) atoms. The predicted molar refractivity (Wildman–Crippen MR) is 129 cm³/mol. The Morgan fingerprint density at radius 2 is 1.74 bits per heavy atom. The smallest absolute Gasteiger partial charge is 0.475 e. The Kier molecular flexibility index (Phi) is 7.39. The van der Waals surface area contributed by atoms with Crippen molar-refractivity contribution in [2.75, 3.05) is 13.1 Å². The molecule has 1 aliphatic rings. The third-order valence-corrected chi connectivity index (χ3v) is 8.95. The van der Waals surface area contributed by atoms with E-state index in [1.807, 2.05) is 18.2 Å². The second-order valence-corrected chi connectivity index (χ2v) is 11.9. The van der Waals surface area contributed by atoms with Crippen LogP contribution in [-0.2, 0) is 24.7 Å². The fourth-order valence-electron chi connectivity index (χ4n) is 3.71. The van der Waals surface area contributed by atoms with Crippen molar-refractivity contribution in [1.82, 2.24) is 30.9 Å². The fourth-order valence-corrected chi connectivity index (χ4v) is 6.90. The Morgan fingerprint density at radius 3 is 2.28 bits per heavy atom. The molecule has 5 rings (SSSR count). The Labute approximate surface area is 218 Å². The van der Waals surface area contributed by atoms with E-state index >= 15 is 0 Å². The van der Waals surface area contributed by atoms with Crippen LogP contribution in [0.5, 0.6) is 0 Å². The maximum Gasteiger partial charge on any atom is 0.490 e. The summed E-state index contributed by atoms with van der Waals surface area (Å²) in [6.07, 6.45) is -1.74. The average molecular weight is 586 g/mol. The maximum absolute atomic E-state index is 13.2.